The third-order valence-corrected chi connectivity index (χ3v) is 10.6. The summed E-state index contributed by atoms with van der Waals surface area (Å²) in [4.78, 5) is 9.21. The van der Waals surface area contributed by atoms with E-state index < -0.39 is 63.7 Å². The van der Waals surface area contributed by atoms with Crippen LogP contribution in [0.4, 0.5) is 13.2 Å². The van der Waals surface area contributed by atoms with Gasteiger partial charge in [0.1, 0.15) is 11.5 Å². The highest BCUT2D eigenvalue weighted by molar-refractivity contribution is 5.76. The van der Waals surface area contributed by atoms with E-state index >= 15 is 0 Å². The predicted octanol–water partition coefficient (Wildman–Crippen LogP) is 3.27. The third-order valence-electron chi connectivity index (χ3n) is 10.6. The van der Waals surface area contributed by atoms with Crippen LogP contribution < -0.4 is 0 Å². The van der Waals surface area contributed by atoms with E-state index in [0.29, 0.717) is 25.7 Å². The first-order valence-electron chi connectivity index (χ1n) is 12.9. The van der Waals surface area contributed by atoms with Crippen LogP contribution in [0.25, 0.3) is 11.0 Å². The standard InChI is InChI=1S/C27H33F3N2O5/c1-23(2)10-9-17(37-4)24(3)16-8-6-13-18-20(25(16,21(13)33)26(35,36)22(34)19(23)24)32-14-7-5-12(27(28,29)30)11-15(14)31-18/h5,7,11,13,16-17,19,21-22,33-36H,6,8-10H2,1-4H3/t13-,16?,17-,19?,21+,22-,24+,25-/m0/s1. The highest BCUT2D eigenvalue weighted by Crippen LogP contribution is 2.73. The first kappa shape index (κ1) is 25.4. The summed E-state index contributed by atoms with van der Waals surface area (Å²) in [6.07, 6.45) is -5.49. The van der Waals surface area contributed by atoms with Gasteiger partial charge in [-0.3, -0.25) is 0 Å². The summed E-state index contributed by atoms with van der Waals surface area (Å²) in [6.45, 7) is 6.03. The molecule has 0 amide bonds. The van der Waals surface area contributed by atoms with Crippen LogP contribution in [0.5, 0.6) is 0 Å². The van der Waals surface area contributed by atoms with Crippen LogP contribution in [-0.4, -0.2) is 61.6 Å². The third kappa shape index (κ3) is 2.86. The van der Waals surface area contributed by atoms with Crippen molar-refractivity contribution >= 4 is 11.0 Å². The SMILES string of the molecule is CO[C@H]1CCC(C)(C)C2[C@H](O)C(O)(O)[C@]34c5nc6ccc(C(F)(F)F)cc6nc5[C@H](CCC3[C@@]21C)[C@H]4O. The number of halogens is 3. The Kier molecular flexibility index (Phi) is 5.09. The van der Waals surface area contributed by atoms with E-state index in [1.54, 1.807) is 7.11 Å². The van der Waals surface area contributed by atoms with Crippen molar-refractivity contribution in [2.75, 3.05) is 7.11 Å². The number of aliphatic hydroxyl groups is 4. The number of aromatic nitrogens is 2. The summed E-state index contributed by atoms with van der Waals surface area (Å²) in [5.74, 6) is -4.50. The summed E-state index contributed by atoms with van der Waals surface area (Å²) >= 11 is 0. The molecule has 10 heteroatoms. The fraction of sp³-hybridized carbons (Fsp3) is 0.704. The second-order valence-corrected chi connectivity index (χ2v) is 12.5. The molecule has 37 heavy (non-hydrogen) atoms. The number of fused-ring (bicyclic) bond motifs is 6. The molecule has 4 aliphatic rings. The molecule has 0 aliphatic heterocycles. The maximum absolute atomic E-state index is 13.4. The predicted molar refractivity (Wildman–Crippen MR) is 126 cm³/mol. The van der Waals surface area contributed by atoms with Crippen molar-refractivity contribution in [3.63, 3.8) is 0 Å². The topological polar surface area (TPSA) is 116 Å². The van der Waals surface area contributed by atoms with Gasteiger partial charge in [0.15, 0.2) is 0 Å². The van der Waals surface area contributed by atoms with Gasteiger partial charge < -0.3 is 25.2 Å². The van der Waals surface area contributed by atoms with Crippen molar-refractivity contribution in [3.05, 3.63) is 35.2 Å². The van der Waals surface area contributed by atoms with E-state index in [-0.39, 0.29) is 28.5 Å². The van der Waals surface area contributed by atoms with Crippen molar-refractivity contribution < 1.29 is 38.3 Å². The molecule has 202 valence electrons. The normalized spacial score (nSPS) is 41.7. The molecule has 0 saturated heterocycles. The molecule has 1 spiro atoms. The van der Waals surface area contributed by atoms with Gasteiger partial charge in [-0.05, 0) is 55.2 Å². The molecule has 1 aromatic heterocycles. The van der Waals surface area contributed by atoms with E-state index in [1.807, 2.05) is 20.8 Å². The van der Waals surface area contributed by atoms with E-state index in [1.165, 1.54) is 6.07 Å². The molecular weight excluding hydrogens is 489 g/mol. The maximum atomic E-state index is 13.4. The molecule has 3 saturated carbocycles. The number of alkyl halides is 3. The second kappa shape index (κ2) is 7.41. The van der Waals surface area contributed by atoms with Gasteiger partial charge in [-0.15, -0.1) is 0 Å². The average molecular weight is 523 g/mol. The molecule has 3 fully saturated rings. The minimum absolute atomic E-state index is 0.0248. The van der Waals surface area contributed by atoms with Crippen LogP contribution in [0, 0.1) is 22.7 Å². The smallest absolute Gasteiger partial charge is 0.391 e. The van der Waals surface area contributed by atoms with Gasteiger partial charge in [0, 0.05) is 24.4 Å². The monoisotopic (exact) mass is 522 g/mol. The Bertz CT molecular complexity index is 1280. The first-order chi connectivity index (χ1) is 17.1. The van der Waals surface area contributed by atoms with Crippen molar-refractivity contribution in [3.8, 4) is 0 Å². The molecule has 4 N–H and O–H groups in total. The maximum Gasteiger partial charge on any atom is 0.416 e. The van der Waals surface area contributed by atoms with Gasteiger partial charge in [-0.25, -0.2) is 9.97 Å². The highest BCUT2D eigenvalue weighted by atomic mass is 19.4. The van der Waals surface area contributed by atoms with E-state index in [2.05, 4.69) is 9.97 Å². The van der Waals surface area contributed by atoms with Gasteiger partial charge in [-0.1, -0.05) is 20.8 Å². The quantitative estimate of drug-likeness (QED) is 0.425. The van der Waals surface area contributed by atoms with Gasteiger partial charge in [0.2, 0.25) is 5.79 Å². The zero-order valence-corrected chi connectivity index (χ0v) is 21.3. The molecule has 1 heterocycles. The number of hydrogen-bond donors (Lipinski definition) is 4. The minimum atomic E-state index is -4.56. The Morgan fingerprint density at radius 2 is 1.68 bits per heavy atom. The van der Waals surface area contributed by atoms with Crippen LogP contribution >= 0.6 is 0 Å². The summed E-state index contributed by atoms with van der Waals surface area (Å²) in [5, 5.41) is 47.3. The first-order valence-corrected chi connectivity index (χ1v) is 12.9. The summed E-state index contributed by atoms with van der Waals surface area (Å²) in [6, 6.07) is 3.06. The minimum Gasteiger partial charge on any atom is -0.391 e. The number of nitrogens with zero attached hydrogens (tertiary/aromatic N) is 2. The molecule has 2 aromatic rings. The molecule has 6 rings (SSSR count). The molecule has 0 radical (unpaired) electrons. The van der Waals surface area contributed by atoms with Crippen molar-refractivity contribution in [1.82, 2.24) is 9.97 Å². The molecular formula is C27H33F3N2O5. The molecule has 2 unspecified atom stereocenters. The lowest BCUT2D eigenvalue weighted by atomic mass is 9.37. The Morgan fingerprint density at radius 1 is 0.973 bits per heavy atom. The molecule has 1 aromatic carbocycles. The van der Waals surface area contributed by atoms with Gasteiger partial charge in [-0.2, -0.15) is 13.2 Å². The van der Waals surface area contributed by atoms with Crippen molar-refractivity contribution in [2.24, 2.45) is 22.7 Å². The van der Waals surface area contributed by atoms with Crippen LogP contribution in [0.2, 0.25) is 0 Å². The Labute approximate surface area is 212 Å². The van der Waals surface area contributed by atoms with Gasteiger partial charge in [0.25, 0.3) is 0 Å². The fourth-order valence-corrected chi connectivity index (χ4v) is 9.17. The number of methoxy groups -OCH3 is 1. The van der Waals surface area contributed by atoms with E-state index in [4.69, 9.17) is 4.74 Å². The number of aliphatic hydroxyl groups excluding tert-OH is 2. The molecule has 2 bridgehead atoms. The zero-order valence-electron chi connectivity index (χ0n) is 21.3. The Balaban J connectivity index is 1.64. The number of hydrogen-bond acceptors (Lipinski definition) is 7. The zero-order chi connectivity index (χ0) is 26.9. The summed E-state index contributed by atoms with van der Waals surface area (Å²) in [7, 11) is 1.61. The largest absolute Gasteiger partial charge is 0.416 e. The molecule has 4 aliphatic carbocycles. The van der Waals surface area contributed by atoms with Crippen molar-refractivity contribution in [1.29, 1.82) is 0 Å². The van der Waals surface area contributed by atoms with Crippen LogP contribution in [0.1, 0.15) is 69.3 Å². The van der Waals surface area contributed by atoms with Gasteiger partial charge in [0.05, 0.1) is 40.2 Å². The molecule has 7 nitrogen and oxygen atoms in total. The lowest BCUT2D eigenvalue weighted by molar-refractivity contribution is -0.379. The molecule has 8 atom stereocenters. The highest BCUT2D eigenvalue weighted by Gasteiger charge is 2.81. The van der Waals surface area contributed by atoms with Crippen molar-refractivity contribution in [2.45, 2.75) is 88.1 Å². The van der Waals surface area contributed by atoms with E-state index in [9.17, 15) is 33.6 Å². The van der Waals surface area contributed by atoms with Crippen LogP contribution in [-0.2, 0) is 16.3 Å². The van der Waals surface area contributed by atoms with Gasteiger partial charge >= 0.3 is 6.18 Å². The number of ether oxygens (including phenoxy) is 1. The summed E-state index contributed by atoms with van der Waals surface area (Å²) < 4.78 is 46.1. The lowest BCUT2D eigenvalue weighted by Crippen LogP contribution is -2.80. The Morgan fingerprint density at radius 3 is 2.32 bits per heavy atom. The van der Waals surface area contributed by atoms with Crippen LogP contribution in [0.15, 0.2) is 18.2 Å². The number of benzene rings is 1. The number of rotatable bonds is 1. The van der Waals surface area contributed by atoms with Crippen LogP contribution in [0.3, 0.4) is 0 Å². The average Bonchev–Trinajstić information content (AvgIpc) is 2.94. The lowest BCUT2D eigenvalue weighted by Gasteiger charge is -2.70. The Hall–Kier alpha value is -1.85. The summed E-state index contributed by atoms with van der Waals surface area (Å²) in [5.41, 5.74) is -3.25. The second-order valence-electron chi connectivity index (χ2n) is 12.5. The fourth-order valence-electron chi connectivity index (χ4n) is 9.17. The van der Waals surface area contributed by atoms with E-state index in [0.717, 1.165) is 12.1 Å².